The number of halogens is 1. The summed E-state index contributed by atoms with van der Waals surface area (Å²) in [5.41, 5.74) is 4.76. The molecule has 0 bridgehead atoms. The Labute approximate surface area is 245 Å². The molecule has 0 aromatic heterocycles. The molecular formula is C35H30ClN3O2. The van der Waals surface area contributed by atoms with Gasteiger partial charge in [-0.15, -0.1) is 0 Å². The molecule has 5 nitrogen and oxygen atoms in total. The highest BCUT2D eigenvalue weighted by molar-refractivity contribution is 6.30. The molecule has 1 aliphatic heterocycles. The van der Waals surface area contributed by atoms with E-state index in [2.05, 4.69) is 46.6 Å². The number of para-hydroxylation sites is 4. The average molecular weight is 560 g/mol. The van der Waals surface area contributed by atoms with Gasteiger partial charge in [0.2, 0.25) is 0 Å². The molecule has 1 heterocycles. The number of nitrogens with zero attached hydrogens (tertiary/aromatic N) is 2. The summed E-state index contributed by atoms with van der Waals surface area (Å²) in [6.07, 6.45) is -0.357. The van der Waals surface area contributed by atoms with Gasteiger partial charge < -0.3 is 14.8 Å². The second-order valence-corrected chi connectivity index (χ2v) is 10.2. The summed E-state index contributed by atoms with van der Waals surface area (Å²) in [5, 5.41) is 4.30. The van der Waals surface area contributed by atoms with E-state index >= 15 is 0 Å². The van der Waals surface area contributed by atoms with E-state index in [1.54, 1.807) is 7.11 Å². The van der Waals surface area contributed by atoms with Gasteiger partial charge >= 0.3 is 0 Å². The number of anilines is 3. The molecule has 6 heteroatoms. The van der Waals surface area contributed by atoms with Crippen molar-refractivity contribution in [2.75, 3.05) is 23.9 Å². The van der Waals surface area contributed by atoms with Gasteiger partial charge in [0, 0.05) is 28.6 Å². The summed E-state index contributed by atoms with van der Waals surface area (Å²) in [6.45, 7) is 0.542. The van der Waals surface area contributed by atoms with Gasteiger partial charge in [-0.3, -0.25) is 4.90 Å². The molecule has 1 aliphatic rings. The van der Waals surface area contributed by atoms with Gasteiger partial charge in [-0.25, -0.2) is 4.99 Å². The van der Waals surface area contributed by atoms with E-state index in [1.807, 2.05) is 97.1 Å². The van der Waals surface area contributed by atoms with Crippen molar-refractivity contribution in [3.8, 4) is 11.5 Å². The molecule has 0 radical (unpaired) electrons. The zero-order valence-corrected chi connectivity index (χ0v) is 23.4. The van der Waals surface area contributed by atoms with E-state index in [0.29, 0.717) is 11.6 Å². The number of ether oxygens (including phenoxy) is 2. The van der Waals surface area contributed by atoms with Crippen LogP contribution in [-0.4, -0.2) is 19.5 Å². The van der Waals surface area contributed by atoms with E-state index in [9.17, 15) is 0 Å². The molecule has 0 fully saturated rings. The summed E-state index contributed by atoms with van der Waals surface area (Å²) in [5.74, 6) is 2.18. The first-order chi connectivity index (χ1) is 20.2. The van der Waals surface area contributed by atoms with Gasteiger partial charge in [0.05, 0.1) is 13.0 Å². The van der Waals surface area contributed by atoms with E-state index in [1.165, 1.54) is 0 Å². The van der Waals surface area contributed by atoms with E-state index in [0.717, 1.165) is 45.6 Å². The maximum atomic E-state index is 6.85. The molecule has 204 valence electrons. The highest BCUT2D eigenvalue weighted by atomic mass is 35.5. The molecule has 5 aromatic rings. The van der Waals surface area contributed by atoms with Crippen molar-refractivity contribution in [1.82, 2.24) is 0 Å². The van der Waals surface area contributed by atoms with Crippen molar-refractivity contribution in [3.63, 3.8) is 0 Å². The Hall–Kier alpha value is -4.74. The topological polar surface area (TPSA) is 46.1 Å². The first-order valence-corrected chi connectivity index (χ1v) is 14.0. The highest BCUT2D eigenvalue weighted by Gasteiger charge is 2.37. The number of fused-ring (bicyclic) bond motifs is 1. The van der Waals surface area contributed by atoms with Crippen LogP contribution in [0.25, 0.3) is 0 Å². The zero-order valence-electron chi connectivity index (χ0n) is 22.7. The number of aliphatic imine (C=N–C) groups is 1. The third-order valence-corrected chi connectivity index (χ3v) is 7.34. The van der Waals surface area contributed by atoms with Crippen LogP contribution in [0.3, 0.4) is 0 Å². The normalized spacial score (nSPS) is 16.0. The van der Waals surface area contributed by atoms with Gasteiger partial charge in [-0.05, 0) is 72.3 Å². The summed E-state index contributed by atoms with van der Waals surface area (Å²) in [6, 6.07) is 44.5. The maximum Gasteiger partial charge on any atom is 0.145 e. The molecule has 0 spiro atoms. The third-order valence-electron chi connectivity index (χ3n) is 7.10. The van der Waals surface area contributed by atoms with Crippen LogP contribution in [0.15, 0.2) is 138 Å². The molecular weight excluding hydrogens is 530 g/mol. The fourth-order valence-corrected chi connectivity index (χ4v) is 5.30. The van der Waals surface area contributed by atoms with Crippen LogP contribution in [-0.2, 0) is 0 Å². The Balaban J connectivity index is 1.54. The lowest BCUT2D eigenvalue weighted by atomic mass is 9.92. The number of hydrogen-bond donors (Lipinski definition) is 1. The fraction of sp³-hybridized carbons (Fsp3) is 0.114. The Morgan fingerprint density at radius 2 is 1.44 bits per heavy atom. The van der Waals surface area contributed by atoms with Crippen LogP contribution < -0.4 is 19.7 Å². The summed E-state index contributed by atoms with van der Waals surface area (Å²) >= 11 is 6.34. The number of rotatable bonds is 7. The predicted molar refractivity (Wildman–Crippen MR) is 168 cm³/mol. The third kappa shape index (κ3) is 5.91. The van der Waals surface area contributed by atoms with E-state index < -0.39 is 0 Å². The molecule has 0 aliphatic carbocycles. The summed E-state index contributed by atoms with van der Waals surface area (Å²) < 4.78 is 12.3. The highest BCUT2D eigenvalue weighted by Crippen LogP contribution is 2.42. The van der Waals surface area contributed by atoms with Crippen LogP contribution in [0.4, 0.5) is 22.7 Å². The van der Waals surface area contributed by atoms with Crippen LogP contribution in [0.1, 0.15) is 11.7 Å². The fourth-order valence-electron chi connectivity index (χ4n) is 5.11. The van der Waals surface area contributed by atoms with Crippen molar-refractivity contribution in [3.05, 3.63) is 144 Å². The van der Waals surface area contributed by atoms with Crippen LogP contribution >= 0.6 is 11.6 Å². The average Bonchev–Trinajstić information content (AvgIpc) is 3.18. The van der Waals surface area contributed by atoms with Crippen LogP contribution in [0.2, 0.25) is 5.02 Å². The summed E-state index contributed by atoms with van der Waals surface area (Å²) in [7, 11) is 1.67. The smallest absolute Gasteiger partial charge is 0.145 e. The maximum absolute atomic E-state index is 6.85. The second kappa shape index (κ2) is 12.2. The quantitative estimate of drug-likeness (QED) is 0.216. The van der Waals surface area contributed by atoms with Gasteiger partial charge in [0.1, 0.15) is 29.1 Å². The lowest BCUT2D eigenvalue weighted by Crippen LogP contribution is -2.40. The minimum absolute atomic E-state index is 0.213. The monoisotopic (exact) mass is 559 g/mol. The van der Waals surface area contributed by atoms with Gasteiger partial charge in [-0.1, -0.05) is 78.3 Å². The molecule has 0 saturated heterocycles. The standard InChI is InChI=1S/C35H30ClN3O2/c1-40-30-21-19-25(20-22-30)34-31(24-37-27-12-10-11-26(36)23-27)35(38-32-17-8-9-18-33(32)41-34)39(28-13-4-2-5-14-28)29-15-6-3-7-16-29/h2-23,31,34,37H,24H2,1H3. The summed E-state index contributed by atoms with van der Waals surface area (Å²) in [4.78, 5) is 7.57. The minimum Gasteiger partial charge on any atom is -0.497 e. The molecule has 6 rings (SSSR count). The molecule has 2 atom stereocenters. The molecule has 0 amide bonds. The van der Waals surface area contributed by atoms with Crippen LogP contribution in [0, 0.1) is 5.92 Å². The Morgan fingerprint density at radius 3 is 2.10 bits per heavy atom. The molecule has 41 heavy (non-hydrogen) atoms. The number of methoxy groups -OCH3 is 1. The number of benzene rings is 5. The van der Waals surface area contributed by atoms with Crippen molar-refractivity contribution >= 4 is 40.2 Å². The van der Waals surface area contributed by atoms with Gasteiger partial charge in [-0.2, -0.15) is 0 Å². The lowest BCUT2D eigenvalue weighted by molar-refractivity contribution is 0.175. The van der Waals surface area contributed by atoms with Crippen molar-refractivity contribution in [2.24, 2.45) is 10.9 Å². The molecule has 5 aromatic carbocycles. The Bertz CT molecular complexity index is 1590. The molecule has 2 unspecified atom stereocenters. The van der Waals surface area contributed by atoms with E-state index in [-0.39, 0.29) is 12.0 Å². The van der Waals surface area contributed by atoms with Gasteiger partial charge in [0.15, 0.2) is 0 Å². The van der Waals surface area contributed by atoms with Crippen molar-refractivity contribution in [2.45, 2.75) is 6.10 Å². The van der Waals surface area contributed by atoms with Crippen LogP contribution in [0.5, 0.6) is 11.5 Å². The lowest BCUT2D eigenvalue weighted by Gasteiger charge is -2.34. The minimum atomic E-state index is -0.357. The largest absolute Gasteiger partial charge is 0.497 e. The molecule has 0 saturated carbocycles. The van der Waals surface area contributed by atoms with Crippen molar-refractivity contribution < 1.29 is 9.47 Å². The second-order valence-electron chi connectivity index (χ2n) is 9.75. The van der Waals surface area contributed by atoms with Crippen molar-refractivity contribution in [1.29, 1.82) is 0 Å². The number of nitrogens with one attached hydrogen (secondary N) is 1. The van der Waals surface area contributed by atoms with Gasteiger partial charge in [0.25, 0.3) is 0 Å². The number of amidine groups is 1. The first-order valence-electron chi connectivity index (χ1n) is 13.6. The Kier molecular flexibility index (Phi) is 7.88. The molecule has 1 N–H and O–H groups in total. The van der Waals surface area contributed by atoms with E-state index in [4.69, 9.17) is 26.1 Å². The SMILES string of the molecule is COc1ccc(C2Oc3ccccc3N=C(N(c3ccccc3)c3ccccc3)C2CNc2cccc(Cl)c2)cc1. The zero-order chi connectivity index (χ0) is 28.0. The number of hydrogen-bond acceptors (Lipinski definition) is 5. The Morgan fingerprint density at radius 1 is 0.780 bits per heavy atom. The predicted octanol–water partition coefficient (Wildman–Crippen LogP) is 9.08. The first kappa shape index (κ1) is 26.5.